The first kappa shape index (κ1) is 13.2. The Bertz CT molecular complexity index is 656. The van der Waals surface area contributed by atoms with E-state index in [1.165, 1.54) is 0 Å². The quantitative estimate of drug-likeness (QED) is 0.876. The second-order valence-electron chi connectivity index (χ2n) is 4.98. The third-order valence-corrected chi connectivity index (χ3v) is 3.82. The van der Waals surface area contributed by atoms with E-state index in [9.17, 15) is 4.79 Å². The summed E-state index contributed by atoms with van der Waals surface area (Å²) < 4.78 is 0. The van der Waals surface area contributed by atoms with Crippen LogP contribution in [0, 0.1) is 0 Å². The van der Waals surface area contributed by atoms with Crippen LogP contribution in [0.15, 0.2) is 48.5 Å². The number of halogens is 1. The zero-order valence-corrected chi connectivity index (χ0v) is 11.7. The van der Waals surface area contributed by atoms with E-state index < -0.39 is 6.04 Å². The lowest BCUT2D eigenvalue weighted by molar-refractivity contribution is -0.119. The van der Waals surface area contributed by atoms with Crippen molar-refractivity contribution in [3.8, 4) is 0 Å². The van der Waals surface area contributed by atoms with E-state index in [0.29, 0.717) is 18.0 Å². The number of benzene rings is 2. The predicted molar refractivity (Wildman–Crippen MR) is 80.8 cm³/mol. The fraction of sp³-hybridized carbons (Fsp3) is 0.188. The SMILES string of the molecule is NC1Cc2ccccc2CN(c2cccc(Cl)c2)C1=O. The zero-order chi connectivity index (χ0) is 14.1. The number of fused-ring (bicyclic) bond motifs is 1. The molecular formula is C16H15ClN2O. The van der Waals surface area contributed by atoms with Gasteiger partial charge in [-0.3, -0.25) is 4.79 Å². The molecule has 1 unspecified atom stereocenters. The van der Waals surface area contributed by atoms with Crippen molar-refractivity contribution in [3.05, 3.63) is 64.7 Å². The largest absolute Gasteiger partial charge is 0.320 e. The van der Waals surface area contributed by atoms with Gasteiger partial charge in [0, 0.05) is 10.7 Å². The van der Waals surface area contributed by atoms with Gasteiger partial charge in [0.1, 0.15) is 0 Å². The lowest BCUT2D eigenvalue weighted by Gasteiger charge is -2.23. The van der Waals surface area contributed by atoms with Crippen molar-refractivity contribution < 1.29 is 4.79 Å². The van der Waals surface area contributed by atoms with E-state index in [1.54, 1.807) is 17.0 Å². The highest BCUT2D eigenvalue weighted by molar-refractivity contribution is 6.30. The molecule has 0 radical (unpaired) electrons. The fourth-order valence-electron chi connectivity index (χ4n) is 2.55. The van der Waals surface area contributed by atoms with E-state index in [4.69, 9.17) is 17.3 Å². The van der Waals surface area contributed by atoms with Gasteiger partial charge in [-0.15, -0.1) is 0 Å². The maximum Gasteiger partial charge on any atom is 0.244 e. The van der Waals surface area contributed by atoms with E-state index >= 15 is 0 Å². The molecule has 0 spiro atoms. The van der Waals surface area contributed by atoms with Crippen LogP contribution < -0.4 is 10.6 Å². The molecule has 1 atom stereocenters. The van der Waals surface area contributed by atoms with Gasteiger partial charge in [-0.25, -0.2) is 0 Å². The summed E-state index contributed by atoms with van der Waals surface area (Å²) in [6.45, 7) is 0.531. The molecule has 0 bridgehead atoms. The highest BCUT2D eigenvalue weighted by Crippen LogP contribution is 2.26. The Balaban J connectivity index is 2.04. The minimum atomic E-state index is -0.516. The lowest BCUT2D eigenvalue weighted by Crippen LogP contribution is -2.42. The molecule has 1 aliphatic heterocycles. The highest BCUT2D eigenvalue weighted by atomic mass is 35.5. The molecule has 1 amide bonds. The summed E-state index contributed by atoms with van der Waals surface area (Å²) in [7, 11) is 0. The summed E-state index contributed by atoms with van der Waals surface area (Å²) in [5.74, 6) is -0.0662. The van der Waals surface area contributed by atoms with Crippen LogP contribution in [-0.2, 0) is 17.8 Å². The average Bonchev–Trinajstić information content (AvgIpc) is 2.57. The minimum Gasteiger partial charge on any atom is -0.320 e. The Hall–Kier alpha value is -1.84. The second-order valence-corrected chi connectivity index (χ2v) is 5.42. The van der Waals surface area contributed by atoms with Gasteiger partial charge in [0.25, 0.3) is 0 Å². The van der Waals surface area contributed by atoms with Crippen LogP contribution in [0.1, 0.15) is 11.1 Å². The number of hydrogen-bond acceptors (Lipinski definition) is 2. The van der Waals surface area contributed by atoms with Gasteiger partial charge in [-0.1, -0.05) is 41.9 Å². The molecule has 3 rings (SSSR count). The summed E-state index contributed by atoms with van der Waals surface area (Å²) in [6, 6.07) is 14.8. The van der Waals surface area contributed by atoms with Gasteiger partial charge < -0.3 is 10.6 Å². The van der Waals surface area contributed by atoms with Crippen LogP contribution in [0.5, 0.6) is 0 Å². The van der Waals surface area contributed by atoms with Crippen molar-refractivity contribution in [1.29, 1.82) is 0 Å². The number of hydrogen-bond donors (Lipinski definition) is 1. The number of anilines is 1. The number of rotatable bonds is 1. The molecule has 20 heavy (non-hydrogen) atoms. The van der Waals surface area contributed by atoms with Crippen LogP contribution in [0.25, 0.3) is 0 Å². The third kappa shape index (κ3) is 2.42. The monoisotopic (exact) mass is 286 g/mol. The van der Waals surface area contributed by atoms with Crippen molar-refractivity contribution in [3.63, 3.8) is 0 Å². The van der Waals surface area contributed by atoms with Crippen LogP contribution in [0.4, 0.5) is 5.69 Å². The van der Waals surface area contributed by atoms with Gasteiger partial charge in [0.05, 0.1) is 12.6 Å². The first-order chi connectivity index (χ1) is 9.65. The topological polar surface area (TPSA) is 46.3 Å². The number of carbonyl (C=O) groups excluding carboxylic acids is 1. The molecular weight excluding hydrogens is 272 g/mol. The van der Waals surface area contributed by atoms with Crippen LogP contribution in [0.3, 0.4) is 0 Å². The molecule has 0 saturated heterocycles. The molecule has 0 aliphatic carbocycles. The third-order valence-electron chi connectivity index (χ3n) is 3.59. The van der Waals surface area contributed by atoms with E-state index in [-0.39, 0.29) is 5.91 Å². The molecule has 2 aromatic carbocycles. The Morgan fingerprint density at radius 3 is 2.60 bits per heavy atom. The Labute approximate surface area is 123 Å². The van der Waals surface area contributed by atoms with Gasteiger partial charge in [0.2, 0.25) is 5.91 Å². The second kappa shape index (κ2) is 5.27. The van der Waals surface area contributed by atoms with Crippen LogP contribution in [-0.4, -0.2) is 11.9 Å². The van der Waals surface area contributed by atoms with Crippen LogP contribution in [0.2, 0.25) is 5.02 Å². The van der Waals surface area contributed by atoms with Crippen LogP contribution >= 0.6 is 11.6 Å². The van der Waals surface area contributed by atoms with E-state index in [2.05, 4.69) is 0 Å². The molecule has 0 fully saturated rings. The van der Waals surface area contributed by atoms with Crippen molar-refractivity contribution in [2.24, 2.45) is 5.73 Å². The van der Waals surface area contributed by atoms with Gasteiger partial charge in [-0.05, 0) is 35.7 Å². The molecule has 0 saturated carbocycles. The van der Waals surface area contributed by atoms with Crippen molar-refractivity contribution >= 4 is 23.2 Å². The number of carbonyl (C=O) groups is 1. The summed E-state index contributed by atoms with van der Waals surface area (Å²) in [5, 5.41) is 0.612. The average molecular weight is 287 g/mol. The Kier molecular flexibility index (Phi) is 3.47. The number of nitrogens with zero attached hydrogens (tertiary/aromatic N) is 1. The molecule has 2 N–H and O–H groups in total. The fourth-order valence-corrected chi connectivity index (χ4v) is 2.73. The molecule has 102 valence electrons. The smallest absolute Gasteiger partial charge is 0.244 e. The number of nitrogens with two attached hydrogens (primary N) is 1. The lowest BCUT2D eigenvalue weighted by atomic mass is 10.0. The van der Waals surface area contributed by atoms with Gasteiger partial charge in [-0.2, -0.15) is 0 Å². The molecule has 2 aromatic rings. The minimum absolute atomic E-state index is 0.0662. The Morgan fingerprint density at radius 1 is 1.10 bits per heavy atom. The summed E-state index contributed by atoms with van der Waals surface area (Å²) in [6.07, 6.45) is 0.575. The molecule has 1 heterocycles. The Morgan fingerprint density at radius 2 is 1.85 bits per heavy atom. The van der Waals surface area contributed by atoms with Gasteiger partial charge in [0.15, 0.2) is 0 Å². The summed E-state index contributed by atoms with van der Waals surface area (Å²) in [4.78, 5) is 14.2. The van der Waals surface area contributed by atoms with Crippen molar-refractivity contribution in [1.82, 2.24) is 0 Å². The summed E-state index contributed by atoms with van der Waals surface area (Å²) >= 11 is 6.02. The normalized spacial score (nSPS) is 18.6. The first-order valence-electron chi connectivity index (χ1n) is 6.54. The zero-order valence-electron chi connectivity index (χ0n) is 10.9. The summed E-state index contributed by atoms with van der Waals surface area (Å²) in [5.41, 5.74) is 9.09. The predicted octanol–water partition coefficient (Wildman–Crippen LogP) is 2.76. The van der Waals surface area contributed by atoms with Crippen molar-refractivity contribution in [2.75, 3.05) is 4.90 Å². The number of amides is 1. The molecule has 3 nitrogen and oxygen atoms in total. The van der Waals surface area contributed by atoms with Crippen molar-refractivity contribution in [2.45, 2.75) is 19.0 Å². The molecule has 1 aliphatic rings. The standard InChI is InChI=1S/C16H15ClN2O/c17-13-6-3-7-14(9-13)19-10-12-5-2-1-4-11(12)8-15(18)16(19)20/h1-7,9,15H,8,10,18H2. The van der Waals surface area contributed by atoms with E-state index in [0.717, 1.165) is 16.8 Å². The molecule has 4 heteroatoms. The highest BCUT2D eigenvalue weighted by Gasteiger charge is 2.27. The maximum absolute atomic E-state index is 12.5. The van der Waals surface area contributed by atoms with E-state index in [1.807, 2.05) is 36.4 Å². The first-order valence-corrected chi connectivity index (χ1v) is 6.92. The maximum atomic E-state index is 12.5. The van der Waals surface area contributed by atoms with Gasteiger partial charge >= 0.3 is 0 Å². The molecule has 0 aromatic heterocycles.